The zero-order valence-electron chi connectivity index (χ0n) is 9.16. The van der Waals surface area contributed by atoms with Crippen LogP contribution < -0.4 is 0 Å². The van der Waals surface area contributed by atoms with E-state index in [0.717, 1.165) is 12.3 Å². The third-order valence-corrected chi connectivity index (χ3v) is 4.20. The molecule has 3 atom stereocenters. The van der Waals surface area contributed by atoms with Crippen LogP contribution in [0.1, 0.15) is 36.0 Å². The van der Waals surface area contributed by atoms with Crippen molar-refractivity contribution in [3.63, 3.8) is 0 Å². The molecule has 2 bridgehead atoms. The third-order valence-electron chi connectivity index (χ3n) is 4.20. The van der Waals surface area contributed by atoms with Gasteiger partial charge in [-0.15, -0.1) is 0 Å². The second-order valence-corrected chi connectivity index (χ2v) is 5.15. The van der Waals surface area contributed by atoms with Gasteiger partial charge in [-0.2, -0.15) is 0 Å². The fourth-order valence-electron chi connectivity index (χ4n) is 3.39. The van der Waals surface area contributed by atoms with E-state index < -0.39 is 0 Å². The molecular weight excluding hydrogens is 203 g/mol. The highest BCUT2D eigenvalue weighted by Crippen LogP contribution is 2.49. The molecule has 0 radical (unpaired) electrons. The number of carbonyl (C=O) groups excluding carboxylic acids is 1. The summed E-state index contributed by atoms with van der Waals surface area (Å²) in [5.74, 6) is 1.54. The number of Topliss-reactive ketones (excluding diaryl/α,β-unsaturated/α-hetero) is 1. The summed E-state index contributed by atoms with van der Waals surface area (Å²) in [5, 5.41) is 0. The Hall–Kier alpha value is -1.18. The van der Waals surface area contributed by atoms with Crippen LogP contribution in [0.15, 0.2) is 24.3 Å². The van der Waals surface area contributed by atoms with Gasteiger partial charge in [0.25, 0.3) is 0 Å². The molecule has 2 saturated carbocycles. The summed E-state index contributed by atoms with van der Waals surface area (Å²) in [4.78, 5) is 12.2. The predicted molar refractivity (Wildman–Crippen MR) is 59.7 cm³/mol. The van der Waals surface area contributed by atoms with Gasteiger partial charge in [0.15, 0.2) is 5.78 Å². The van der Waals surface area contributed by atoms with Crippen molar-refractivity contribution in [2.45, 2.75) is 25.7 Å². The minimum Gasteiger partial charge on any atom is -0.294 e. The smallest absolute Gasteiger partial charge is 0.166 e. The Balaban J connectivity index is 1.80. The van der Waals surface area contributed by atoms with Gasteiger partial charge in [-0.25, -0.2) is 4.39 Å². The lowest BCUT2D eigenvalue weighted by Gasteiger charge is -2.20. The topological polar surface area (TPSA) is 17.1 Å². The fraction of sp³-hybridized carbons (Fsp3) is 0.500. The van der Waals surface area contributed by atoms with Gasteiger partial charge in [0.05, 0.1) is 0 Å². The normalized spacial score (nSPS) is 31.9. The number of hydrogen-bond acceptors (Lipinski definition) is 1. The highest BCUT2D eigenvalue weighted by Gasteiger charge is 2.42. The van der Waals surface area contributed by atoms with E-state index in [2.05, 4.69) is 0 Å². The van der Waals surface area contributed by atoms with E-state index in [9.17, 15) is 9.18 Å². The minimum atomic E-state index is -0.274. The van der Waals surface area contributed by atoms with Crippen LogP contribution in [-0.2, 0) is 0 Å². The summed E-state index contributed by atoms with van der Waals surface area (Å²) in [6.07, 6.45) is 4.80. The molecule has 84 valence electrons. The standard InChI is InChI=1S/C14H15FO/c15-12-5-3-10(4-6-12)14(16)13-8-9-1-2-11(13)7-9/h3-6,9,11,13H,1-2,7-8H2. The van der Waals surface area contributed by atoms with Crippen molar-refractivity contribution in [1.82, 2.24) is 0 Å². The van der Waals surface area contributed by atoms with Crippen molar-refractivity contribution in [2.24, 2.45) is 17.8 Å². The van der Waals surface area contributed by atoms with Gasteiger partial charge in [-0.05, 0) is 55.4 Å². The molecule has 0 aliphatic heterocycles. The molecule has 16 heavy (non-hydrogen) atoms. The molecule has 2 aliphatic carbocycles. The predicted octanol–water partition coefficient (Wildman–Crippen LogP) is 3.44. The van der Waals surface area contributed by atoms with Crippen LogP contribution in [-0.4, -0.2) is 5.78 Å². The van der Waals surface area contributed by atoms with Crippen LogP contribution in [0.4, 0.5) is 4.39 Å². The number of fused-ring (bicyclic) bond motifs is 2. The number of halogens is 1. The summed E-state index contributed by atoms with van der Waals surface area (Å²) in [5.41, 5.74) is 0.680. The first-order chi connectivity index (χ1) is 7.74. The summed E-state index contributed by atoms with van der Waals surface area (Å²) < 4.78 is 12.8. The Morgan fingerprint density at radius 1 is 1.12 bits per heavy atom. The quantitative estimate of drug-likeness (QED) is 0.695. The maximum Gasteiger partial charge on any atom is 0.166 e. The maximum absolute atomic E-state index is 12.8. The second kappa shape index (κ2) is 3.69. The number of benzene rings is 1. The number of rotatable bonds is 2. The van der Waals surface area contributed by atoms with Crippen LogP contribution in [0.2, 0.25) is 0 Å². The summed E-state index contributed by atoms with van der Waals surface area (Å²) in [6.45, 7) is 0. The summed E-state index contributed by atoms with van der Waals surface area (Å²) in [6, 6.07) is 5.98. The lowest BCUT2D eigenvalue weighted by molar-refractivity contribution is 0.0874. The number of hydrogen-bond donors (Lipinski definition) is 0. The van der Waals surface area contributed by atoms with E-state index in [-0.39, 0.29) is 17.5 Å². The molecule has 0 spiro atoms. The van der Waals surface area contributed by atoms with E-state index in [1.54, 1.807) is 12.1 Å². The molecule has 1 aromatic rings. The summed E-state index contributed by atoms with van der Waals surface area (Å²) in [7, 11) is 0. The molecule has 2 heteroatoms. The van der Waals surface area contributed by atoms with E-state index in [1.165, 1.54) is 31.4 Å². The lowest BCUT2D eigenvalue weighted by atomic mass is 9.83. The van der Waals surface area contributed by atoms with Gasteiger partial charge in [-0.3, -0.25) is 4.79 Å². The van der Waals surface area contributed by atoms with Gasteiger partial charge >= 0.3 is 0 Å². The molecule has 0 N–H and O–H groups in total. The SMILES string of the molecule is O=C(c1ccc(F)cc1)C1CC2CCC1C2. The van der Waals surface area contributed by atoms with Gasteiger partial charge in [0.2, 0.25) is 0 Å². The third kappa shape index (κ3) is 1.57. The maximum atomic E-state index is 12.8. The molecule has 3 rings (SSSR count). The largest absolute Gasteiger partial charge is 0.294 e. The van der Waals surface area contributed by atoms with Crippen molar-refractivity contribution in [3.05, 3.63) is 35.6 Å². The van der Waals surface area contributed by atoms with Crippen LogP contribution >= 0.6 is 0 Å². The average molecular weight is 218 g/mol. The number of carbonyl (C=O) groups is 1. The first kappa shape index (κ1) is 10.0. The summed E-state index contributed by atoms with van der Waals surface area (Å²) >= 11 is 0. The lowest BCUT2D eigenvalue weighted by Crippen LogP contribution is -2.20. The molecular formula is C14H15FO. The van der Waals surface area contributed by atoms with E-state index in [4.69, 9.17) is 0 Å². The van der Waals surface area contributed by atoms with Crippen molar-refractivity contribution >= 4 is 5.78 Å². The first-order valence-corrected chi connectivity index (χ1v) is 6.04. The van der Waals surface area contributed by atoms with Crippen molar-refractivity contribution in [3.8, 4) is 0 Å². The van der Waals surface area contributed by atoms with Crippen LogP contribution in [0, 0.1) is 23.6 Å². The van der Waals surface area contributed by atoms with Crippen molar-refractivity contribution in [1.29, 1.82) is 0 Å². The molecule has 2 fully saturated rings. The monoisotopic (exact) mass is 218 g/mol. The Morgan fingerprint density at radius 3 is 2.44 bits per heavy atom. The molecule has 1 aromatic carbocycles. The Kier molecular flexibility index (Phi) is 2.31. The molecule has 0 amide bonds. The van der Waals surface area contributed by atoms with Crippen LogP contribution in [0.3, 0.4) is 0 Å². The van der Waals surface area contributed by atoms with Gasteiger partial charge in [0.1, 0.15) is 5.82 Å². The minimum absolute atomic E-state index is 0.212. The van der Waals surface area contributed by atoms with Gasteiger partial charge in [-0.1, -0.05) is 6.42 Å². The molecule has 0 saturated heterocycles. The molecule has 2 aliphatic rings. The highest BCUT2D eigenvalue weighted by atomic mass is 19.1. The van der Waals surface area contributed by atoms with Gasteiger partial charge < -0.3 is 0 Å². The van der Waals surface area contributed by atoms with E-state index in [0.29, 0.717) is 11.5 Å². The van der Waals surface area contributed by atoms with Crippen LogP contribution in [0.25, 0.3) is 0 Å². The molecule has 0 aromatic heterocycles. The zero-order chi connectivity index (χ0) is 11.1. The molecule has 0 heterocycles. The Morgan fingerprint density at radius 2 is 1.88 bits per heavy atom. The van der Waals surface area contributed by atoms with Gasteiger partial charge in [0, 0.05) is 11.5 Å². The fourth-order valence-corrected chi connectivity index (χ4v) is 3.39. The molecule has 1 nitrogen and oxygen atoms in total. The highest BCUT2D eigenvalue weighted by molar-refractivity contribution is 5.98. The van der Waals surface area contributed by atoms with E-state index in [1.807, 2.05) is 0 Å². The Labute approximate surface area is 94.7 Å². The second-order valence-electron chi connectivity index (χ2n) is 5.15. The first-order valence-electron chi connectivity index (χ1n) is 6.04. The average Bonchev–Trinajstić information content (AvgIpc) is 2.91. The molecule has 3 unspecified atom stereocenters. The zero-order valence-corrected chi connectivity index (χ0v) is 9.16. The van der Waals surface area contributed by atoms with Crippen LogP contribution in [0.5, 0.6) is 0 Å². The number of ketones is 1. The van der Waals surface area contributed by atoms with Crippen molar-refractivity contribution < 1.29 is 9.18 Å². The Bertz CT molecular complexity index is 409. The van der Waals surface area contributed by atoms with E-state index >= 15 is 0 Å². The van der Waals surface area contributed by atoms with Crippen molar-refractivity contribution in [2.75, 3.05) is 0 Å².